The summed E-state index contributed by atoms with van der Waals surface area (Å²) < 4.78 is 0. The van der Waals surface area contributed by atoms with Gasteiger partial charge >= 0.3 is 0 Å². The summed E-state index contributed by atoms with van der Waals surface area (Å²) in [5.41, 5.74) is 6.31. The first kappa shape index (κ1) is 13.7. The highest BCUT2D eigenvalue weighted by Gasteiger charge is 2.50. The van der Waals surface area contributed by atoms with Gasteiger partial charge in [-0.05, 0) is 37.0 Å². The largest absolute Gasteiger partial charge is 0.340 e. The summed E-state index contributed by atoms with van der Waals surface area (Å²) in [6.45, 7) is 6.37. The molecule has 1 aliphatic heterocycles. The lowest BCUT2D eigenvalue weighted by Crippen LogP contribution is -2.51. The first-order valence-corrected chi connectivity index (χ1v) is 8.78. The van der Waals surface area contributed by atoms with E-state index < -0.39 is 0 Å². The Labute approximate surface area is 120 Å². The predicted molar refractivity (Wildman–Crippen MR) is 80.0 cm³/mol. The van der Waals surface area contributed by atoms with Crippen molar-refractivity contribution in [1.82, 2.24) is 4.90 Å². The third kappa shape index (κ3) is 2.42. The summed E-state index contributed by atoms with van der Waals surface area (Å²) in [7, 11) is 0. The molecule has 1 heterocycles. The number of amides is 1. The van der Waals surface area contributed by atoms with Crippen LogP contribution in [0.2, 0.25) is 0 Å². The number of hydrogen-bond acceptors (Lipinski definition) is 3. The van der Waals surface area contributed by atoms with Gasteiger partial charge in [0.05, 0.1) is 5.92 Å². The summed E-state index contributed by atoms with van der Waals surface area (Å²) in [4.78, 5) is 14.9. The maximum Gasteiger partial charge on any atom is 0.227 e. The molecular weight excluding hydrogens is 256 g/mol. The molecule has 3 rings (SSSR count). The fraction of sp³-hybridized carbons (Fsp3) is 0.933. The predicted octanol–water partition coefficient (Wildman–Crippen LogP) is 1.96. The van der Waals surface area contributed by atoms with Crippen molar-refractivity contribution in [2.24, 2.45) is 29.4 Å². The van der Waals surface area contributed by atoms with Crippen LogP contribution in [0.5, 0.6) is 0 Å². The Morgan fingerprint density at radius 2 is 2.05 bits per heavy atom. The minimum Gasteiger partial charge on any atom is -0.340 e. The number of carbonyl (C=O) groups excluding carboxylic acids is 1. The molecule has 5 atom stereocenters. The van der Waals surface area contributed by atoms with E-state index >= 15 is 0 Å². The molecule has 2 N–H and O–H groups in total. The smallest absolute Gasteiger partial charge is 0.227 e. The number of nitrogens with two attached hydrogens (primary N) is 1. The number of carbonyl (C=O) groups is 1. The standard InChI is InChI=1S/C15H26N2OS/c1-9(2)12-8-17(5-6-19-12)15(18)13-10-3-4-11(7-10)14(13)16/h9-14H,3-8,16H2,1-2H3. The van der Waals surface area contributed by atoms with Gasteiger partial charge in [0.2, 0.25) is 5.91 Å². The van der Waals surface area contributed by atoms with E-state index in [1.54, 1.807) is 0 Å². The SMILES string of the molecule is CC(C)C1CN(C(=O)C2C3CCC(C3)C2N)CCS1. The van der Waals surface area contributed by atoms with Gasteiger partial charge in [0.1, 0.15) is 0 Å². The molecule has 3 nitrogen and oxygen atoms in total. The molecule has 2 aliphatic carbocycles. The number of thioether (sulfide) groups is 1. The van der Waals surface area contributed by atoms with E-state index in [4.69, 9.17) is 5.73 Å². The fourth-order valence-electron chi connectivity index (χ4n) is 4.19. The van der Waals surface area contributed by atoms with E-state index in [1.807, 2.05) is 11.8 Å². The zero-order valence-corrected chi connectivity index (χ0v) is 12.9. The quantitative estimate of drug-likeness (QED) is 0.842. The molecule has 108 valence electrons. The van der Waals surface area contributed by atoms with Gasteiger partial charge < -0.3 is 10.6 Å². The minimum atomic E-state index is 0.134. The highest BCUT2D eigenvalue weighted by molar-refractivity contribution is 8.00. The highest BCUT2D eigenvalue weighted by atomic mass is 32.2. The second-order valence-electron chi connectivity index (χ2n) is 6.87. The van der Waals surface area contributed by atoms with Crippen molar-refractivity contribution in [3.8, 4) is 0 Å². The molecule has 3 fully saturated rings. The third-order valence-electron chi connectivity index (χ3n) is 5.41. The fourth-order valence-corrected chi connectivity index (χ4v) is 5.49. The lowest BCUT2D eigenvalue weighted by atomic mass is 9.84. The van der Waals surface area contributed by atoms with Gasteiger partial charge in [-0.15, -0.1) is 0 Å². The second-order valence-corrected chi connectivity index (χ2v) is 8.22. The number of hydrogen-bond donors (Lipinski definition) is 1. The van der Waals surface area contributed by atoms with Gasteiger partial charge in [0.15, 0.2) is 0 Å². The zero-order valence-electron chi connectivity index (χ0n) is 12.0. The monoisotopic (exact) mass is 282 g/mol. The van der Waals surface area contributed by atoms with Crippen LogP contribution in [-0.2, 0) is 4.79 Å². The average molecular weight is 282 g/mol. The summed E-state index contributed by atoms with van der Waals surface area (Å²) >= 11 is 2.03. The summed E-state index contributed by atoms with van der Waals surface area (Å²) in [5.74, 6) is 3.44. The van der Waals surface area contributed by atoms with Crippen LogP contribution in [0, 0.1) is 23.7 Å². The Kier molecular flexibility index (Phi) is 3.82. The van der Waals surface area contributed by atoms with Crippen LogP contribution in [0.15, 0.2) is 0 Å². The molecule has 0 aromatic rings. The van der Waals surface area contributed by atoms with E-state index in [-0.39, 0.29) is 12.0 Å². The van der Waals surface area contributed by atoms with Crippen molar-refractivity contribution in [1.29, 1.82) is 0 Å². The van der Waals surface area contributed by atoms with E-state index in [1.165, 1.54) is 19.3 Å². The minimum absolute atomic E-state index is 0.134. The summed E-state index contributed by atoms with van der Waals surface area (Å²) in [6.07, 6.45) is 3.68. The van der Waals surface area contributed by atoms with Gasteiger partial charge in [-0.1, -0.05) is 13.8 Å². The van der Waals surface area contributed by atoms with Crippen LogP contribution >= 0.6 is 11.8 Å². The first-order chi connectivity index (χ1) is 9.08. The Bertz CT molecular complexity index is 358. The van der Waals surface area contributed by atoms with Crippen molar-refractivity contribution in [3.63, 3.8) is 0 Å². The Morgan fingerprint density at radius 1 is 1.32 bits per heavy atom. The van der Waals surface area contributed by atoms with Gasteiger partial charge in [0.25, 0.3) is 0 Å². The number of nitrogens with zero attached hydrogens (tertiary/aromatic N) is 1. The molecule has 0 radical (unpaired) electrons. The van der Waals surface area contributed by atoms with Gasteiger partial charge in [-0.25, -0.2) is 0 Å². The van der Waals surface area contributed by atoms with Crippen LogP contribution in [0.25, 0.3) is 0 Å². The van der Waals surface area contributed by atoms with Crippen molar-refractivity contribution >= 4 is 17.7 Å². The third-order valence-corrected chi connectivity index (χ3v) is 6.95. The molecule has 1 amide bonds. The van der Waals surface area contributed by atoms with Gasteiger partial charge in [0, 0.05) is 30.1 Å². The maximum atomic E-state index is 12.8. The maximum absolute atomic E-state index is 12.8. The van der Waals surface area contributed by atoms with Crippen LogP contribution in [0.4, 0.5) is 0 Å². The first-order valence-electron chi connectivity index (χ1n) is 7.74. The van der Waals surface area contributed by atoms with Crippen LogP contribution < -0.4 is 5.73 Å². The van der Waals surface area contributed by atoms with Crippen LogP contribution in [-0.4, -0.2) is 40.9 Å². The highest BCUT2D eigenvalue weighted by Crippen LogP contribution is 2.48. The second kappa shape index (κ2) is 5.28. The van der Waals surface area contributed by atoms with E-state index in [2.05, 4.69) is 18.7 Å². The molecule has 0 aromatic heterocycles. The Morgan fingerprint density at radius 3 is 2.68 bits per heavy atom. The molecule has 5 unspecified atom stereocenters. The van der Waals surface area contributed by atoms with Gasteiger partial charge in [-0.2, -0.15) is 11.8 Å². The van der Waals surface area contributed by atoms with Crippen molar-refractivity contribution < 1.29 is 4.79 Å². The summed E-state index contributed by atoms with van der Waals surface area (Å²) in [5, 5.41) is 0.604. The molecule has 0 aromatic carbocycles. The van der Waals surface area contributed by atoms with Crippen LogP contribution in [0.1, 0.15) is 33.1 Å². The normalized spacial score (nSPS) is 42.1. The number of rotatable bonds is 2. The molecule has 0 spiro atoms. The molecule has 19 heavy (non-hydrogen) atoms. The number of fused-ring (bicyclic) bond motifs is 2. The van der Waals surface area contributed by atoms with E-state index in [0.29, 0.717) is 28.9 Å². The molecule has 2 saturated carbocycles. The summed E-state index contributed by atoms with van der Waals surface area (Å²) in [6, 6.07) is 0.137. The molecule has 2 bridgehead atoms. The van der Waals surface area contributed by atoms with Crippen molar-refractivity contribution in [2.45, 2.75) is 44.4 Å². The van der Waals surface area contributed by atoms with Crippen molar-refractivity contribution in [2.75, 3.05) is 18.8 Å². The lowest BCUT2D eigenvalue weighted by Gasteiger charge is -2.38. The molecule has 1 saturated heterocycles. The van der Waals surface area contributed by atoms with E-state index in [9.17, 15) is 4.79 Å². The van der Waals surface area contributed by atoms with Crippen LogP contribution in [0.3, 0.4) is 0 Å². The Hall–Kier alpha value is -0.220. The molecular formula is C15H26N2OS. The molecule has 3 aliphatic rings. The molecule has 4 heteroatoms. The zero-order chi connectivity index (χ0) is 13.6. The lowest BCUT2D eigenvalue weighted by molar-refractivity contribution is -0.137. The topological polar surface area (TPSA) is 46.3 Å². The van der Waals surface area contributed by atoms with E-state index in [0.717, 1.165) is 18.8 Å². The average Bonchev–Trinajstić information content (AvgIpc) is 2.99. The van der Waals surface area contributed by atoms with Crippen molar-refractivity contribution in [3.05, 3.63) is 0 Å². The van der Waals surface area contributed by atoms with Gasteiger partial charge in [-0.3, -0.25) is 4.79 Å². The Balaban J connectivity index is 1.67.